The van der Waals surface area contributed by atoms with Crippen LogP contribution in [0.5, 0.6) is 17.2 Å². The summed E-state index contributed by atoms with van der Waals surface area (Å²) in [6.45, 7) is 1.82. The predicted molar refractivity (Wildman–Crippen MR) is 137 cm³/mol. The van der Waals surface area contributed by atoms with E-state index in [4.69, 9.17) is 19.9 Å². The van der Waals surface area contributed by atoms with Gasteiger partial charge in [-0.25, -0.2) is 4.99 Å². The van der Waals surface area contributed by atoms with E-state index >= 15 is 0 Å². The summed E-state index contributed by atoms with van der Waals surface area (Å²) >= 11 is 0. The number of nitrogens with zero attached hydrogens (tertiary/aromatic N) is 1. The minimum atomic E-state index is -0.519. The lowest BCUT2D eigenvalue weighted by Gasteiger charge is -2.14. The maximum atomic E-state index is 12.7. The van der Waals surface area contributed by atoms with Gasteiger partial charge in [0.2, 0.25) is 11.7 Å². The fourth-order valence-corrected chi connectivity index (χ4v) is 3.21. The molecule has 0 spiro atoms. The molecular weight excluding hydrogens is 448 g/mol. The van der Waals surface area contributed by atoms with Crippen LogP contribution in [0.25, 0.3) is 0 Å². The van der Waals surface area contributed by atoms with Crippen LogP contribution in [-0.4, -0.2) is 39.1 Å². The molecule has 0 saturated carbocycles. The summed E-state index contributed by atoms with van der Waals surface area (Å²) in [7, 11) is 4.39. The first-order chi connectivity index (χ1) is 16.4. The van der Waals surface area contributed by atoms with Crippen molar-refractivity contribution in [2.45, 2.75) is 14.4 Å². The van der Waals surface area contributed by atoms with Crippen molar-refractivity contribution in [2.75, 3.05) is 26.6 Å². The van der Waals surface area contributed by atoms with Gasteiger partial charge in [-0.1, -0.05) is 31.7 Å². The smallest absolute Gasteiger partial charge is 0.258 e. The molecule has 0 unspecified atom stereocenters. The zero-order chi connectivity index (χ0) is 24.7. The van der Waals surface area contributed by atoms with Crippen LogP contribution in [-0.2, 0) is 0 Å². The Bertz CT molecular complexity index is 1200. The Hall–Kier alpha value is -4.53. The lowest BCUT2D eigenvalue weighted by molar-refractivity contribution is 0.0974. The summed E-state index contributed by atoms with van der Waals surface area (Å²) in [6, 6.07) is 17.2. The van der Waals surface area contributed by atoms with Crippen molar-refractivity contribution >= 4 is 29.1 Å². The largest absolute Gasteiger partial charge is 0.493 e. The van der Waals surface area contributed by atoms with Crippen LogP contribution in [0.15, 0.2) is 65.7 Å². The van der Waals surface area contributed by atoms with E-state index in [1.807, 2.05) is 25.1 Å². The zero-order valence-electron chi connectivity index (χ0n) is 19.3. The highest BCUT2D eigenvalue weighted by Gasteiger charge is 2.18. The van der Waals surface area contributed by atoms with Gasteiger partial charge in [-0.2, -0.15) is 0 Å². The molecule has 184 valence electrons. The van der Waals surface area contributed by atoms with Crippen LogP contribution in [0.3, 0.4) is 0 Å². The van der Waals surface area contributed by atoms with Crippen LogP contribution < -0.4 is 30.6 Å². The molecule has 0 heterocycles. The summed E-state index contributed by atoms with van der Waals surface area (Å²) in [6.07, 6.45) is 0. The Morgan fingerprint density at radius 2 is 1.49 bits per heavy atom. The average molecular weight is 479 g/mol. The molecule has 9 nitrogen and oxygen atoms in total. The molecule has 35 heavy (non-hydrogen) atoms. The van der Waals surface area contributed by atoms with Crippen molar-refractivity contribution in [1.82, 2.24) is 5.32 Å². The number of hydrogen-bond donors (Lipinski definition) is 3. The molecule has 3 aromatic rings. The molecule has 0 aliphatic heterocycles. The molecular formula is C26H30N4O5. The number of methoxy groups -OCH3 is 3. The Balaban J connectivity index is 0.00000432. The lowest BCUT2D eigenvalue weighted by atomic mass is 10.1. The number of aryl methyl sites for hydroxylation is 1. The first-order valence-electron chi connectivity index (χ1n) is 10.3. The Labute approximate surface area is 204 Å². The van der Waals surface area contributed by atoms with E-state index < -0.39 is 5.91 Å². The second-order valence-electron chi connectivity index (χ2n) is 7.18. The van der Waals surface area contributed by atoms with Crippen molar-refractivity contribution in [3.63, 3.8) is 0 Å². The quantitative estimate of drug-likeness (QED) is 0.344. The van der Waals surface area contributed by atoms with Gasteiger partial charge < -0.3 is 25.3 Å². The number of aliphatic imine (C=N–C) groups is 1. The lowest BCUT2D eigenvalue weighted by Crippen LogP contribution is -2.36. The Morgan fingerprint density at radius 3 is 2.06 bits per heavy atom. The van der Waals surface area contributed by atoms with Gasteiger partial charge in [-0.05, 0) is 48.9 Å². The fourth-order valence-electron chi connectivity index (χ4n) is 3.21. The number of nitrogens with two attached hydrogens (primary N) is 1. The molecule has 0 saturated heterocycles. The van der Waals surface area contributed by atoms with E-state index in [2.05, 4.69) is 15.6 Å². The van der Waals surface area contributed by atoms with Crippen molar-refractivity contribution in [2.24, 2.45) is 10.7 Å². The average Bonchev–Trinajstić information content (AvgIpc) is 2.84. The molecule has 3 rings (SSSR count). The first kappa shape index (κ1) is 26.7. The van der Waals surface area contributed by atoms with Crippen LogP contribution in [0.4, 0.5) is 11.4 Å². The number of guanidine groups is 1. The highest BCUT2D eigenvalue weighted by atomic mass is 16.5. The summed E-state index contributed by atoms with van der Waals surface area (Å²) < 4.78 is 15.8. The predicted octanol–water partition coefficient (Wildman–Crippen LogP) is 4.29. The number of nitrogens with one attached hydrogen (secondary N) is 2. The second-order valence-corrected chi connectivity index (χ2v) is 7.18. The molecule has 2 amide bonds. The normalized spacial score (nSPS) is 10.6. The molecule has 4 N–H and O–H groups in total. The van der Waals surface area contributed by atoms with Gasteiger partial charge in [-0.3, -0.25) is 14.9 Å². The van der Waals surface area contributed by atoms with Crippen LogP contribution >= 0.6 is 0 Å². The minimum Gasteiger partial charge on any atom is -0.493 e. The summed E-state index contributed by atoms with van der Waals surface area (Å²) in [5.74, 6) is 0.0850. The van der Waals surface area contributed by atoms with Crippen LogP contribution in [0, 0.1) is 6.92 Å². The van der Waals surface area contributed by atoms with E-state index in [-0.39, 0.29) is 24.9 Å². The first-order valence-corrected chi connectivity index (χ1v) is 10.3. The van der Waals surface area contributed by atoms with Gasteiger partial charge in [0.1, 0.15) is 0 Å². The van der Waals surface area contributed by atoms with Gasteiger partial charge in [0.15, 0.2) is 11.5 Å². The van der Waals surface area contributed by atoms with E-state index in [0.29, 0.717) is 34.2 Å². The number of ether oxygens (including phenoxy) is 3. The molecule has 0 radical (unpaired) electrons. The molecule has 0 bridgehead atoms. The zero-order valence-corrected chi connectivity index (χ0v) is 19.3. The third-order valence-corrected chi connectivity index (χ3v) is 4.92. The fraction of sp³-hybridized carbons (Fsp3) is 0.192. The molecule has 0 aromatic heterocycles. The highest BCUT2D eigenvalue weighted by molar-refractivity contribution is 6.07. The van der Waals surface area contributed by atoms with Crippen molar-refractivity contribution in [3.05, 3.63) is 77.4 Å². The molecule has 0 atom stereocenters. The van der Waals surface area contributed by atoms with Gasteiger partial charge in [0.25, 0.3) is 11.8 Å². The molecule has 0 aliphatic rings. The number of benzene rings is 3. The number of anilines is 1. The number of rotatable bonds is 7. The molecule has 9 heteroatoms. The minimum absolute atomic E-state index is 0. The third kappa shape index (κ3) is 6.50. The second kappa shape index (κ2) is 12.1. The van der Waals surface area contributed by atoms with Crippen LogP contribution in [0.2, 0.25) is 0 Å². The van der Waals surface area contributed by atoms with Crippen molar-refractivity contribution < 1.29 is 23.8 Å². The molecule has 3 aromatic carbocycles. The molecule has 0 aliphatic carbocycles. The number of carbonyl (C=O) groups excluding carboxylic acids is 2. The van der Waals surface area contributed by atoms with Gasteiger partial charge in [0.05, 0.1) is 27.0 Å². The maximum absolute atomic E-state index is 12.7. The van der Waals surface area contributed by atoms with Crippen molar-refractivity contribution in [1.29, 1.82) is 0 Å². The van der Waals surface area contributed by atoms with E-state index in [0.717, 1.165) is 5.56 Å². The number of para-hydroxylation sites is 1. The van der Waals surface area contributed by atoms with Crippen molar-refractivity contribution in [3.8, 4) is 17.2 Å². The van der Waals surface area contributed by atoms with Crippen LogP contribution in [0.1, 0.15) is 33.7 Å². The summed E-state index contributed by atoms with van der Waals surface area (Å²) in [5, 5.41) is 5.37. The topological polar surface area (TPSA) is 124 Å². The van der Waals surface area contributed by atoms with E-state index in [1.54, 1.807) is 30.3 Å². The Kier molecular flexibility index (Phi) is 9.22. The molecule has 0 fully saturated rings. The SMILES string of the molecule is C.COc1cc(C(=O)NC(N)=Nc2ccc(C)c(C(=O)Nc3ccccc3)c2)cc(OC)c1OC. The standard InChI is InChI=1S/C25H26N4O5.CH4/c1-15-10-11-18(14-19(15)24(31)27-17-8-6-5-7-9-17)28-25(26)29-23(30)16-12-20(32-2)22(34-4)21(13-16)33-3;/h5-14H,1-4H3,(H,27,31)(H3,26,28,29,30);1H4. The third-order valence-electron chi connectivity index (χ3n) is 4.92. The van der Waals surface area contributed by atoms with E-state index in [1.165, 1.54) is 33.5 Å². The van der Waals surface area contributed by atoms with Gasteiger partial charge in [0, 0.05) is 16.8 Å². The number of carbonyl (C=O) groups is 2. The summed E-state index contributed by atoms with van der Waals surface area (Å²) in [5.41, 5.74) is 8.49. The van der Waals surface area contributed by atoms with Gasteiger partial charge in [-0.15, -0.1) is 0 Å². The van der Waals surface area contributed by atoms with E-state index in [9.17, 15) is 9.59 Å². The number of amides is 2. The Morgan fingerprint density at radius 1 is 0.857 bits per heavy atom. The summed E-state index contributed by atoms with van der Waals surface area (Å²) in [4.78, 5) is 29.7. The maximum Gasteiger partial charge on any atom is 0.258 e. The highest BCUT2D eigenvalue weighted by Crippen LogP contribution is 2.38. The van der Waals surface area contributed by atoms with Gasteiger partial charge >= 0.3 is 0 Å². The number of hydrogen-bond acceptors (Lipinski definition) is 6. The monoisotopic (exact) mass is 478 g/mol.